The number of benzene rings is 2. The number of nitrogens with one attached hydrogen (secondary N) is 3. The minimum atomic E-state index is -0.786. The van der Waals surface area contributed by atoms with Crippen LogP contribution in [-0.2, 0) is 6.54 Å². The lowest BCUT2D eigenvalue weighted by atomic mass is 10.1. The molecule has 2 aromatic carbocycles. The Hall–Kier alpha value is -3.05. The molecule has 1 aliphatic heterocycles. The first-order valence-corrected chi connectivity index (χ1v) is 10.2. The molecule has 0 saturated heterocycles. The van der Waals surface area contributed by atoms with E-state index in [1.165, 1.54) is 11.3 Å². The Labute approximate surface area is 177 Å². The van der Waals surface area contributed by atoms with E-state index in [4.69, 9.17) is 5.11 Å². The Morgan fingerprint density at radius 3 is 2.97 bits per heavy atom. The highest BCUT2D eigenvalue weighted by Crippen LogP contribution is 2.32. The monoisotopic (exact) mass is 426 g/mol. The summed E-state index contributed by atoms with van der Waals surface area (Å²) in [5.74, 6) is -0.146. The van der Waals surface area contributed by atoms with Gasteiger partial charge in [-0.05, 0) is 35.9 Å². The lowest BCUT2D eigenvalue weighted by molar-refractivity contribution is 0.0666. The van der Waals surface area contributed by atoms with E-state index in [0.29, 0.717) is 23.8 Å². The summed E-state index contributed by atoms with van der Waals surface area (Å²) in [6, 6.07) is 13.2. The predicted octanol–water partition coefficient (Wildman–Crippen LogP) is 1.80. The largest absolute Gasteiger partial charge is 0.394 e. The molecule has 0 aliphatic carbocycles. The van der Waals surface area contributed by atoms with E-state index in [9.17, 15) is 9.90 Å². The molecule has 1 aromatic heterocycles. The van der Waals surface area contributed by atoms with Gasteiger partial charge in [0.1, 0.15) is 5.01 Å². The van der Waals surface area contributed by atoms with Crippen molar-refractivity contribution < 1.29 is 15.0 Å². The fraction of sp³-hybridized carbons (Fsp3) is 0.250. The van der Waals surface area contributed by atoms with Gasteiger partial charge in [0.25, 0.3) is 5.91 Å². The number of β-amino-alcohol motifs (C(OH)–C–C–N with tert-alkyl or cyclic N) is 1. The van der Waals surface area contributed by atoms with Gasteiger partial charge in [0.2, 0.25) is 5.13 Å². The maximum atomic E-state index is 11.8. The number of hydrogen-bond acceptors (Lipinski definition) is 9. The first-order valence-electron chi connectivity index (χ1n) is 9.42. The first kappa shape index (κ1) is 20.2. The summed E-state index contributed by atoms with van der Waals surface area (Å²) in [7, 11) is 1.60. The van der Waals surface area contributed by atoms with E-state index in [2.05, 4.69) is 26.3 Å². The number of carbonyl (C=O) groups is 1. The van der Waals surface area contributed by atoms with E-state index in [0.717, 1.165) is 27.5 Å². The zero-order chi connectivity index (χ0) is 21.1. The molecule has 30 heavy (non-hydrogen) atoms. The highest BCUT2D eigenvalue weighted by Gasteiger charge is 2.21. The molecule has 0 spiro atoms. The molecule has 0 radical (unpaired) electrons. The summed E-state index contributed by atoms with van der Waals surface area (Å²) in [5, 5.41) is 36.2. The molecule has 1 atom stereocenters. The Morgan fingerprint density at radius 1 is 1.30 bits per heavy atom. The maximum Gasteiger partial charge on any atom is 0.251 e. The van der Waals surface area contributed by atoms with Crippen molar-refractivity contribution in [1.82, 2.24) is 20.5 Å². The summed E-state index contributed by atoms with van der Waals surface area (Å²) in [6.07, 6.45) is -0.786. The number of aromatic nitrogens is 2. The molecule has 9 nitrogen and oxygen atoms in total. The molecule has 0 saturated carbocycles. The van der Waals surface area contributed by atoms with Gasteiger partial charge in [-0.25, -0.2) is 5.01 Å². The lowest BCUT2D eigenvalue weighted by Crippen LogP contribution is -2.34. The zero-order valence-corrected chi connectivity index (χ0v) is 17.1. The third kappa shape index (κ3) is 4.41. The van der Waals surface area contributed by atoms with Crippen LogP contribution in [0.15, 0.2) is 42.5 Å². The fourth-order valence-corrected chi connectivity index (χ4v) is 3.96. The number of aliphatic hydroxyl groups is 2. The Balaban J connectivity index is 1.45. The van der Waals surface area contributed by atoms with Crippen LogP contribution in [0.25, 0.3) is 10.6 Å². The van der Waals surface area contributed by atoms with Crippen LogP contribution in [0.1, 0.15) is 15.9 Å². The molecule has 0 fully saturated rings. The second-order valence-corrected chi connectivity index (χ2v) is 7.88. The van der Waals surface area contributed by atoms with Gasteiger partial charge in [0.15, 0.2) is 0 Å². The molecule has 3 aromatic rings. The summed E-state index contributed by atoms with van der Waals surface area (Å²) in [5.41, 5.74) is 7.54. The van der Waals surface area contributed by atoms with Crippen LogP contribution in [-0.4, -0.2) is 57.6 Å². The molecule has 5 N–H and O–H groups in total. The first-order chi connectivity index (χ1) is 14.6. The molecule has 10 heteroatoms. The van der Waals surface area contributed by atoms with E-state index in [1.54, 1.807) is 19.2 Å². The highest BCUT2D eigenvalue weighted by atomic mass is 32.1. The molecule has 2 heterocycles. The summed E-state index contributed by atoms with van der Waals surface area (Å²) >= 11 is 1.40. The average molecular weight is 427 g/mol. The highest BCUT2D eigenvalue weighted by molar-refractivity contribution is 7.18. The number of nitrogens with zero attached hydrogens (tertiary/aromatic N) is 3. The van der Waals surface area contributed by atoms with Gasteiger partial charge in [-0.3, -0.25) is 4.79 Å². The standard InChI is InChI=1S/C20H22N6O3S/c1-21-18(29)12-3-2-4-13(7-12)19-23-24-20(30-19)22-15-5-6-17-14(8-15)9-26(25-17)10-16(28)11-27/h2-8,16,25,27-28H,9-11H2,1H3,(H,21,29)(H,22,24). The molecular weight excluding hydrogens is 404 g/mol. The number of anilines is 3. The minimum absolute atomic E-state index is 0.146. The van der Waals surface area contributed by atoms with E-state index >= 15 is 0 Å². The number of hydrazine groups is 1. The summed E-state index contributed by atoms with van der Waals surface area (Å²) in [4.78, 5) is 11.8. The van der Waals surface area contributed by atoms with E-state index in [1.807, 2.05) is 35.3 Å². The van der Waals surface area contributed by atoms with Crippen molar-refractivity contribution in [2.45, 2.75) is 12.6 Å². The molecule has 1 aliphatic rings. The van der Waals surface area contributed by atoms with Gasteiger partial charge >= 0.3 is 0 Å². The molecule has 0 bridgehead atoms. The van der Waals surface area contributed by atoms with Crippen molar-refractivity contribution >= 4 is 33.8 Å². The van der Waals surface area contributed by atoms with Crippen molar-refractivity contribution in [1.29, 1.82) is 0 Å². The number of amides is 1. The van der Waals surface area contributed by atoms with Gasteiger partial charge in [0, 0.05) is 37.0 Å². The number of hydrogen-bond donors (Lipinski definition) is 5. The van der Waals surface area contributed by atoms with Gasteiger partial charge in [-0.15, -0.1) is 10.2 Å². The number of rotatable bonds is 7. The zero-order valence-electron chi connectivity index (χ0n) is 16.3. The van der Waals surface area contributed by atoms with Gasteiger partial charge in [0.05, 0.1) is 18.4 Å². The Bertz CT molecular complexity index is 1060. The quantitative estimate of drug-likeness (QED) is 0.388. The average Bonchev–Trinajstić information content (AvgIpc) is 3.39. The second-order valence-electron chi connectivity index (χ2n) is 6.90. The molecule has 1 amide bonds. The number of aliphatic hydroxyl groups excluding tert-OH is 2. The topological polar surface area (TPSA) is 123 Å². The number of fused-ring (bicyclic) bond motifs is 1. The van der Waals surface area contributed by atoms with Crippen LogP contribution in [0.2, 0.25) is 0 Å². The lowest BCUT2D eigenvalue weighted by Gasteiger charge is -2.18. The van der Waals surface area contributed by atoms with Crippen LogP contribution in [0.3, 0.4) is 0 Å². The van der Waals surface area contributed by atoms with Crippen molar-refractivity contribution in [3.63, 3.8) is 0 Å². The minimum Gasteiger partial charge on any atom is -0.394 e. The van der Waals surface area contributed by atoms with Gasteiger partial charge in [-0.2, -0.15) is 0 Å². The predicted molar refractivity (Wildman–Crippen MR) is 116 cm³/mol. The van der Waals surface area contributed by atoms with Crippen LogP contribution in [0, 0.1) is 0 Å². The Morgan fingerprint density at radius 2 is 2.17 bits per heavy atom. The summed E-state index contributed by atoms with van der Waals surface area (Å²) < 4.78 is 0. The van der Waals surface area contributed by atoms with Crippen molar-refractivity contribution in [2.24, 2.45) is 0 Å². The molecule has 156 valence electrons. The van der Waals surface area contributed by atoms with Gasteiger partial charge < -0.3 is 26.3 Å². The second kappa shape index (κ2) is 8.76. The molecule has 4 rings (SSSR count). The molecule has 1 unspecified atom stereocenters. The van der Waals surface area contributed by atoms with Crippen molar-refractivity contribution in [3.05, 3.63) is 53.6 Å². The van der Waals surface area contributed by atoms with Crippen LogP contribution < -0.4 is 16.1 Å². The van der Waals surface area contributed by atoms with Crippen molar-refractivity contribution in [3.8, 4) is 10.6 Å². The van der Waals surface area contributed by atoms with E-state index < -0.39 is 6.10 Å². The normalized spacial score (nSPS) is 14.1. The smallest absolute Gasteiger partial charge is 0.251 e. The van der Waals surface area contributed by atoms with Crippen LogP contribution >= 0.6 is 11.3 Å². The molecular formula is C20H22N6O3S. The van der Waals surface area contributed by atoms with Crippen LogP contribution in [0.5, 0.6) is 0 Å². The Kier molecular flexibility index (Phi) is 5.91. The third-order valence-corrected chi connectivity index (χ3v) is 5.55. The van der Waals surface area contributed by atoms with Crippen LogP contribution in [0.4, 0.5) is 16.5 Å². The van der Waals surface area contributed by atoms with Gasteiger partial charge in [-0.1, -0.05) is 23.5 Å². The number of carbonyl (C=O) groups excluding carboxylic acids is 1. The van der Waals surface area contributed by atoms with Crippen molar-refractivity contribution in [2.75, 3.05) is 30.9 Å². The fourth-order valence-electron chi connectivity index (χ4n) is 3.20. The summed E-state index contributed by atoms with van der Waals surface area (Å²) in [6.45, 7) is 0.686. The SMILES string of the molecule is CNC(=O)c1cccc(-c2nnc(Nc3ccc4c(c3)CN(CC(O)CO)N4)s2)c1. The maximum absolute atomic E-state index is 11.8. The third-order valence-electron chi connectivity index (χ3n) is 4.66. The van der Waals surface area contributed by atoms with E-state index in [-0.39, 0.29) is 12.5 Å².